The first kappa shape index (κ1) is 21.4. The van der Waals surface area contributed by atoms with Gasteiger partial charge in [0.25, 0.3) is 5.91 Å². The van der Waals surface area contributed by atoms with E-state index < -0.39 is 9.84 Å². The molecule has 1 aromatic carbocycles. The highest BCUT2D eigenvalue weighted by Crippen LogP contribution is 2.21. The highest BCUT2D eigenvalue weighted by atomic mass is 32.2. The van der Waals surface area contributed by atoms with Crippen molar-refractivity contribution in [3.63, 3.8) is 0 Å². The third-order valence-electron chi connectivity index (χ3n) is 5.01. The number of carbonyl (C=O) groups excluding carboxylic acids is 1. The average molecular weight is 421 g/mol. The number of hydrogen-bond acceptors (Lipinski definition) is 6. The zero-order valence-electron chi connectivity index (χ0n) is 17.2. The van der Waals surface area contributed by atoms with Crippen molar-refractivity contribution in [2.75, 3.05) is 44.7 Å². The van der Waals surface area contributed by atoms with E-state index in [1.807, 2.05) is 26.0 Å². The van der Waals surface area contributed by atoms with Crippen molar-refractivity contribution in [3.8, 4) is 5.75 Å². The zero-order chi connectivity index (χ0) is 21.0. The van der Waals surface area contributed by atoms with Crippen molar-refractivity contribution in [2.45, 2.75) is 20.5 Å². The number of piperazine rings is 1. The molecule has 0 saturated carbocycles. The molecule has 1 amide bonds. The molecule has 1 aliphatic rings. The van der Waals surface area contributed by atoms with Crippen LogP contribution in [0.1, 0.15) is 27.4 Å². The fraction of sp³-hybridized carbons (Fsp3) is 0.476. The van der Waals surface area contributed by atoms with E-state index >= 15 is 0 Å². The number of sulfone groups is 1. The zero-order valence-corrected chi connectivity index (χ0v) is 18.0. The normalized spacial score (nSPS) is 15.5. The molecule has 0 atom stereocenters. The lowest BCUT2D eigenvalue weighted by molar-refractivity contribution is 0.0609. The Hall–Kier alpha value is -2.32. The lowest BCUT2D eigenvalue weighted by Crippen LogP contribution is -2.49. The maximum Gasteiger partial charge on any atom is 0.289 e. The van der Waals surface area contributed by atoms with Gasteiger partial charge in [0.1, 0.15) is 28.0 Å². The maximum absolute atomic E-state index is 12.7. The number of ether oxygens (including phenoxy) is 1. The minimum Gasteiger partial charge on any atom is -0.485 e. The van der Waals surface area contributed by atoms with Gasteiger partial charge in [-0.3, -0.25) is 9.69 Å². The van der Waals surface area contributed by atoms with Gasteiger partial charge in [-0.25, -0.2) is 8.42 Å². The predicted octanol–water partition coefficient (Wildman–Crippen LogP) is 2.28. The number of hydrogen-bond donors (Lipinski definition) is 0. The highest BCUT2D eigenvalue weighted by molar-refractivity contribution is 7.90. The van der Waals surface area contributed by atoms with Crippen LogP contribution in [0.4, 0.5) is 0 Å². The quantitative estimate of drug-likeness (QED) is 0.684. The fourth-order valence-corrected chi connectivity index (χ4v) is 3.90. The van der Waals surface area contributed by atoms with Gasteiger partial charge in [0, 0.05) is 39.0 Å². The second kappa shape index (κ2) is 9.00. The molecule has 158 valence electrons. The molecule has 1 saturated heterocycles. The van der Waals surface area contributed by atoms with E-state index in [-0.39, 0.29) is 18.3 Å². The lowest BCUT2D eigenvalue weighted by atomic mass is 10.1. The number of benzene rings is 1. The van der Waals surface area contributed by atoms with Crippen molar-refractivity contribution >= 4 is 15.7 Å². The van der Waals surface area contributed by atoms with Crippen LogP contribution in [-0.2, 0) is 16.4 Å². The van der Waals surface area contributed by atoms with Crippen molar-refractivity contribution < 1.29 is 22.4 Å². The summed E-state index contributed by atoms with van der Waals surface area (Å²) in [5, 5.41) is 0. The standard InChI is InChI=1S/C21H28N2O5S/c1-16-4-6-19(17(2)14-16)27-15-18-5-7-20(28-18)21(24)23-10-8-22(9-11-23)12-13-29(3,25)26/h4-7,14H,8-13,15H2,1-3H3. The Bertz CT molecular complexity index is 959. The third-order valence-corrected chi connectivity index (χ3v) is 5.93. The Labute approximate surface area is 172 Å². The number of nitrogens with zero attached hydrogens (tertiary/aromatic N) is 2. The SMILES string of the molecule is Cc1ccc(OCc2ccc(C(=O)N3CCN(CCS(C)(=O)=O)CC3)o2)c(C)c1. The monoisotopic (exact) mass is 420 g/mol. The molecular formula is C21H28N2O5S. The van der Waals surface area contributed by atoms with Gasteiger partial charge >= 0.3 is 0 Å². The molecule has 1 aliphatic heterocycles. The second-order valence-corrected chi connectivity index (χ2v) is 9.85. The molecule has 2 aromatic rings. The first-order valence-corrected chi connectivity index (χ1v) is 11.8. The van der Waals surface area contributed by atoms with Gasteiger partial charge in [0.2, 0.25) is 0 Å². The van der Waals surface area contributed by atoms with Gasteiger partial charge in [-0.2, -0.15) is 0 Å². The molecule has 1 aromatic heterocycles. The number of amides is 1. The van der Waals surface area contributed by atoms with E-state index in [0.717, 1.165) is 11.3 Å². The summed E-state index contributed by atoms with van der Waals surface area (Å²) in [5.74, 6) is 1.69. The number of carbonyl (C=O) groups is 1. The van der Waals surface area contributed by atoms with Gasteiger partial charge in [-0.05, 0) is 37.6 Å². The summed E-state index contributed by atoms with van der Waals surface area (Å²) in [6.07, 6.45) is 1.24. The molecule has 3 rings (SSSR count). The van der Waals surface area contributed by atoms with Gasteiger partial charge < -0.3 is 14.1 Å². The van der Waals surface area contributed by atoms with E-state index in [2.05, 4.69) is 11.0 Å². The minimum absolute atomic E-state index is 0.142. The minimum atomic E-state index is -2.97. The molecule has 2 heterocycles. The van der Waals surface area contributed by atoms with Gasteiger partial charge in [0.05, 0.1) is 5.75 Å². The Kier molecular flexibility index (Phi) is 6.64. The Morgan fingerprint density at radius 3 is 2.48 bits per heavy atom. The summed E-state index contributed by atoms with van der Waals surface area (Å²) in [4.78, 5) is 16.5. The fourth-order valence-electron chi connectivity index (χ4n) is 3.31. The van der Waals surface area contributed by atoms with Gasteiger partial charge in [-0.15, -0.1) is 0 Å². The molecule has 0 aliphatic carbocycles. The molecule has 0 bridgehead atoms. The van der Waals surface area contributed by atoms with Crippen LogP contribution in [0.5, 0.6) is 5.75 Å². The topological polar surface area (TPSA) is 80.1 Å². The predicted molar refractivity (Wildman–Crippen MR) is 111 cm³/mol. The van der Waals surface area contributed by atoms with E-state index in [4.69, 9.17) is 9.15 Å². The third kappa shape index (κ3) is 6.08. The van der Waals surface area contributed by atoms with Crippen molar-refractivity contribution in [1.82, 2.24) is 9.80 Å². The van der Waals surface area contributed by atoms with Crippen LogP contribution in [0, 0.1) is 13.8 Å². The van der Waals surface area contributed by atoms with Crippen LogP contribution in [-0.4, -0.2) is 68.9 Å². The molecule has 0 unspecified atom stereocenters. The summed E-state index contributed by atoms with van der Waals surface area (Å²) < 4.78 is 34.1. The summed E-state index contributed by atoms with van der Waals surface area (Å²) in [6.45, 7) is 7.21. The van der Waals surface area contributed by atoms with Gasteiger partial charge in [-0.1, -0.05) is 17.7 Å². The smallest absolute Gasteiger partial charge is 0.289 e. The van der Waals surface area contributed by atoms with Crippen LogP contribution in [0.3, 0.4) is 0 Å². The molecular weight excluding hydrogens is 392 g/mol. The van der Waals surface area contributed by atoms with Crippen LogP contribution in [0.25, 0.3) is 0 Å². The van der Waals surface area contributed by atoms with E-state index in [0.29, 0.717) is 44.2 Å². The maximum atomic E-state index is 12.7. The van der Waals surface area contributed by atoms with E-state index in [1.165, 1.54) is 11.8 Å². The largest absolute Gasteiger partial charge is 0.485 e. The van der Waals surface area contributed by atoms with Gasteiger partial charge in [0.15, 0.2) is 5.76 Å². The number of aryl methyl sites for hydroxylation is 2. The molecule has 8 heteroatoms. The highest BCUT2D eigenvalue weighted by Gasteiger charge is 2.24. The Balaban J connectivity index is 1.50. The first-order chi connectivity index (χ1) is 13.7. The summed E-state index contributed by atoms with van der Waals surface area (Å²) >= 11 is 0. The first-order valence-electron chi connectivity index (χ1n) is 9.69. The Morgan fingerprint density at radius 1 is 1.10 bits per heavy atom. The van der Waals surface area contributed by atoms with Crippen molar-refractivity contribution in [3.05, 3.63) is 53.0 Å². The molecule has 0 spiro atoms. The second-order valence-electron chi connectivity index (χ2n) is 7.59. The molecule has 29 heavy (non-hydrogen) atoms. The van der Waals surface area contributed by atoms with Crippen molar-refractivity contribution in [2.24, 2.45) is 0 Å². The average Bonchev–Trinajstić information content (AvgIpc) is 3.14. The van der Waals surface area contributed by atoms with Crippen LogP contribution < -0.4 is 4.74 Å². The number of rotatable bonds is 7. The summed E-state index contributed by atoms with van der Waals surface area (Å²) in [7, 11) is -2.97. The van der Waals surface area contributed by atoms with E-state index in [1.54, 1.807) is 17.0 Å². The van der Waals surface area contributed by atoms with E-state index in [9.17, 15) is 13.2 Å². The van der Waals surface area contributed by atoms with Crippen LogP contribution in [0.15, 0.2) is 34.7 Å². The Morgan fingerprint density at radius 2 is 1.83 bits per heavy atom. The lowest BCUT2D eigenvalue weighted by Gasteiger charge is -2.34. The van der Waals surface area contributed by atoms with Crippen molar-refractivity contribution in [1.29, 1.82) is 0 Å². The molecule has 1 fully saturated rings. The number of furan rings is 1. The molecule has 0 radical (unpaired) electrons. The summed E-state index contributed by atoms with van der Waals surface area (Å²) in [5.41, 5.74) is 2.23. The summed E-state index contributed by atoms with van der Waals surface area (Å²) in [6, 6.07) is 9.43. The molecule has 0 N–H and O–H groups in total. The van der Waals surface area contributed by atoms with Crippen LogP contribution in [0.2, 0.25) is 0 Å². The van der Waals surface area contributed by atoms with Crippen LogP contribution >= 0.6 is 0 Å². The molecule has 7 nitrogen and oxygen atoms in total.